The molecule has 3 heteroatoms. The lowest BCUT2D eigenvalue weighted by Crippen LogP contribution is -2.31. The van der Waals surface area contributed by atoms with Crippen LogP contribution in [0.4, 0.5) is 10.1 Å². The van der Waals surface area contributed by atoms with Crippen LogP contribution in [0.3, 0.4) is 0 Å². The summed E-state index contributed by atoms with van der Waals surface area (Å²) in [5.41, 5.74) is 0.730. The van der Waals surface area contributed by atoms with Crippen LogP contribution in [0, 0.1) is 5.82 Å². The first-order chi connectivity index (χ1) is 8.31. The average Bonchev–Trinajstić information content (AvgIpc) is 2.85. The molecule has 1 heterocycles. The molecule has 94 valence electrons. The van der Waals surface area contributed by atoms with Gasteiger partial charge in [0, 0.05) is 19.1 Å². The summed E-state index contributed by atoms with van der Waals surface area (Å²) < 4.78 is 13.7. The number of anilines is 1. The summed E-state index contributed by atoms with van der Waals surface area (Å²) in [6.45, 7) is 4.99. The summed E-state index contributed by atoms with van der Waals surface area (Å²) >= 11 is 0. The number of nitrogens with zero attached hydrogens (tertiary/aromatic N) is 1. The molecule has 1 unspecified atom stereocenters. The molecule has 2 nitrogen and oxygen atoms in total. The van der Waals surface area contributed by atoms with Crippen molar-refractivity contribution >= 4 is 5.69 Å². The van der Waals surface area contributed by atoms with Crippen molar-refractivity contribution in [3.63, 3.8) is 0 Å². The standard InChI is InChI=1S/C14H21FN2/c1-2-17(11-9-12-6-5-10-16-12)14-8-4-3-7-13(14)15/h3-4,7-8,12,16H,2,5-6,9-11H2,1H3. The van der Waals surface area contributed by atoms with Crippen molar-refractivity contribution in [3.8, 4) is 0 Å². The molecule has 17 heavy (non-hydrogen) atoms. The maximum atomic E-state index is 13.7. The quantitative estimate of drug-likeness (QED) is 0.845. The largest absolute Gasteiger partial charge is 0.369 e. The van der Waals surface area contributed by atoms with Gasteiger partial charge in [0.1, 0.15) is 5.82 Å². The zero-order valence-electron chi connectivity index (χ0n) is 10.5. The highest BCUT2D eigenvalue weighted by atomic mass is 19.1. The van der Waals surface area contributed by atoms with Gasteiger partial charge in [0.25, 0.3) is 0 Å². The first-order valence-electron chi connectivity index (χ1n) is 6.54. The van der Waals surface area contributed by atoms with Crippen molar-refractivity contribution in [1.82, 2.24) is 5.32 Å². The Labute approximate surface area is 103 Å². The molecule has 0 saturated carbocycles. The van der Waals surface area contributed by atoms with Gasteiger partial charge < -0.3 is 10.2 Å². The molecule has 1 saturated heterocycles. The van der Waals surface area contributed by atoms with Gasteiger partial charge in [0.2, 0.25) is 0 Å². The monoisotopic (exact) mass is 236 g/mol. The third-order valence-electron chi connectivity index (χ3n) is 3.48. The molecule has 1 aliphatic rings. The molecular formula is C14H21FN2. The van der Waals surface area contributed by atoms with Crippen molar-refractivity contribution in [2.75, 3.05) is 24.5 Å². The Morgan fingerprint density at radius 3 is 2.88 bits per heavy atom. The average molecular weight is 236 g/mol. The predicted octanol–water partition coefficient (Wildman–Crippen LogP) is 2.79. The molecule has 2 rings (SSSR count). The van der Waals surface area contributed by atoms with Crippen LogP contribution in [0.2, 0.25) is 0 Å². The molecule has 0 bridgehead atoms. The molecule has 1 N–H and O–H groups in total. The molecular weight excluding hydrogens is 215 g/mol. The molecule has 0 aromatic heterocycles. The van der Waals surface area contributed by atoms with E-state index >= 15 is 0 Å². The van der Waals surface area contributed by atoms with E-state index in [0.717, 1.165) is 31.7 Å². The van der Waals surface area contributed by atoms with Crippen LogP contribution in [0.1, 0.15) is 26.2 Å². The van der Waals surface area contributed by atoms with E-state index in [1.54, 1.807) is 6.07 Å². The Bertz CT molecular complexity index is 348. The van der Waals surface area contributed by atoms with Gasteiger partial charge in [-0.1, -0.05) is 12.1 Å². The van der Waals surface area contributed by atoms with Gasteiger partial charge in [-0.05, 0) is 44.9 Å². The highest BCUT2D eigenvalue weighted by Crippen LogP contribution is 2.19. The normalized spacial score (nSPS) is 19.5. The van der Waals surface area contributed by atoms with Gasteiger partial charge in [-0.2, -0.15) is 0 Å². The second-order valence-corrected chi connectivity index (χ2v) is 4.61. The van der Waals surface area contributed by atoms with Crippen LogP contribution >= 0.6 is 0 Å². The topological polar surface area (TPSA) is 15.3 Å². The Balaban J connectivity index is 1.94. The maximum absolute atomic E-state index is 13.7. The minimum atomic E-state index is -0.117. The summed E-state index contributed by atoms with van der Waals surface area (Å²) in [7, 11) is 0. The van der Waals surface area contributed by atoms with E-state index in [1.807, 2.05) is 12.1 Å². The molecule has 0 spiro atoms. The van der Waals surface area contributed by atoms with Gasteiger partial charge >= 0.3 is 0 Å². The van der Waals surface area contributed by atoms with E-state index in [4.69, 9.17) is 0 Å². The molecule has 1 aliphatic heterocycles. The number of benzene rings is 1. The molecule has 1 fully saturated rings. The van der Waals surface area contributed by atoms with Crippen LogP contribution in [-0.4, -0.2) is 25.7 Å². The van der Waals surface area contributed by atoms with Crippen molar-refractivity contribution < 1.29 is 4.39 Å². The van der Waals surface area contributed by atoms with Gasteiger partial charge in [-0.15, -0.1) is 0 Å². The fourth-order valence-electron chi connectivity index (χ4n) is 2.47. The Morgan fingerprint density at radius 1 is 1.41 bits per heavy atom. The van der Waals surface area contributed by atoms with Gasteiger partial charge in [0.15, 0.2) is 0 Å². The van der Waals surface area contributed by atoms with Crippen LogP contribution in [0.15, 0.2) is 24.3 Å². The number of halogens is 1. The third-order valence-corrected chi connectivity index (χ3v) is 3.48. The second kappa shape index (κ2) is 6.01. The van der Waals surface area contributed by atoms with Crippen molar-refractivity contribution in [1.29, 1.82) is 0 Å². The zero-order valence-corrected chi connectivity index (χ0v) is 10.5. The third kappa shape index (κ3) is 3.19. The molecule has 1 atom stereocenters. The first kappa shape index (κ1) is 12.4. The van der Waals surface area contributed by atoms with E-state index in [1.165, 1.54) is 18.9 Å². The van der Waals surface area contributed by atoms with E-state index in [0.29, 0.717) is 6.04 Å². The van der Waals surface area contributed by atoms with Crippen molar-refractivity contribution in [2.24, 2.45) is 0 Å². The molecule has 0 aliphatic carbocycles. The lowest BCUT2D eigenvalue weighted by Gasteiger charge is -2.25. The van der Waals surface area contributed by atoms with E-state index in [2.05, 4.69) is 17.1 Å². The summed E-state index contributed by atoms with van der Waals surface area (Å²) in [6, 6.07) is 7.66. The number of hydrogen-bond acceptors (Lipinski definition) is 2. The first-order valence-corrected chi connectivity index (χ1v) is 6.54. The number of nitrogens with one attached hydrogen (secondary N) is 1. The van der Waals surface area contributed by atoms with E-state index < -0.39 is 0 Å². The predicted molar refractivity (Wildman–Crippen MR) is 69.9 cm³/mol. The summed E-state index contributed by atoms with van der Waals surface area (Å²) in [4.78, 5) is 2.12. The Morgan fingerprint density at radius 2 is 2.24 bits per heavy atom. The van der Waals surface area contributed by atoms with Crippen molar-refractivity contribution in [3.05, 3.63) is 30.1 Å². The molecule has 1 aromatic carbocycles. The summed E-state index contributed by atoms with van der Waals surface area (Å²) in [6.07, 6.45) is 3.63. The van der Waals surface area contributed by atoms with Crippen LogP contribution in [0.5, 0.6) is 0 Å². The number of rotatable bonds is 5. The van der Waals surface area contributed by atoms with Crippen LogP contribution in [-0.2, 0) is 0 Å². The fourth-order valence-corrected chi connectivity index (χ4v) is 2.47. The SMILES string of the molecule is CCN(CCC1CCCN1)c1ccccc1F. The number of para-hydroxylation sites is 1. The number of hydrogen-bond donors (Lipinski definition) is 1. The van der Waals surface area contributed by atoms with Gasteiger partial charge in [-0.25, -0.2) is 4.39 Å². The lowest BCUT2D eigenvalue weighted by molar-refractivity contribution is 0.546. The second-order valence-electron chi connectivity index (χ2n) is 4.61. The molecule has 1 aromatic rings. The summed E-state index contributed by atoms with van der Waals surface area (Å²) in [5.74, 6) is -0.117. The maximum Gasteiger partial charge on any atom is 0.146 e. The lowest BCUT2D eigenvalue weighted by atomic mass is 10.1. The van der Waals surface area contributed by atoms with Crippen LogP contribution in [0.25, 0.3) is 0 Å². The van der Waals surface area contributed by atoms with Crippen molar-refractivity contribution in [2.45, 2.75) is 32.2 Å². The highest BCUT2D eigenvalue weighted by molar-refractivity contribution is 5.47. The van der Waals surface area contributed by atoms with E-state index in [-0.39, 0.29) is 5.82 Å². The highest BCUT2D eigenvalue weighted by Gasteiger charge is 2.16. The molecule has 0 radical (unpaired) electrons. The zero-order chi connectivity index (χ0) is 12.1. The Kier molecular flexibility index (Phi) is 4.37. The molecule has 0 amide bonds. The minimum absolute atomic E-state index is 0.117. The Hall–Kier alpha value is -1.09. The fraction of sp³-hybridized carbons (Fsp3) is 0.571. The van der Waals surface area contributed by atoms with Crippen LogP contribution < -0.4 is 10.2 Å². The smallest absolute Gasteiger partial charge is 0.146 e. The van der Waals surface area contributed by atoms with E-state index in [9.17, 15) is 4.39 Å². The minimum Gasteiger partial charge on any atom is -0.369 e. The van der Waals surface area contributed by atoms with Gasteiger partial charge in [0.05, 0.1) is 5.69 Å². The van der Waals surface area contributed by atoms with Gasteiger partial charge in [-0.3, -0.25) is 0 Å². The summed E-state index contributed by atoms with van der Waals surface area (Å²) in [5, 5.41) is 3.48.